The average molecular weight is 361 g/mol. The zero-order valence-corrected chi connectivity index (χ0v) is 16.3. The van der Waals surface area contributed by atoms with Crippen molar-refractivity contribution in [2.75, 3.05) is 11.3 Å². The van der Waals surface area contributed by atoms with Crippen LogP contribution in [0.1, 0.15) is 38.3 Å². The zero-order chi connectivity index (χ0) is 18.4. The van der Waals surface area contributed by atoms with Crippen LogP contribution in [0.3, 0.4) is 0 Å². The van der Waals surface area contributed by atoms with E-state index in [1.54, 1.807) is 18.2 Å². The number of anilines is 1. The molecule has 0 amide bonds. The molecule has 2 aromatic rings. The summed E-state index contributed by atoms with van der Waals surface area (Å²) in [5.41, 5.74) is 2.72. The first-order valence-corrected chi connectivity index (χ1v) is 10.3. The van der Waals surface area contributed by atoms with Crippen molar-refractivity contribution in [1.29, 1.82) is 0 Å². The molecule has 0 bridgehead atoms. The fourth-order valence-corrected chi connectivity index (χ4v) is 3.82. The third-order valence-electron chi connectivity index (χ3n) is 4.51. The topological polar surface area (TPSA) is 49.4 Å². The lowest BCUT2D eigenvalue weighted by atomic mass is 10.1. The molecule has 136 valence electrons. The van der Waals surface area contributed by atoms with Crippen LogP contribution in [0.2, 0.25) is 0 Å². The standard InChI is InChI=1S/C20H28N2O2S/c1-5-17(4)22(6-2)15-18-10-12-20(13-11-18)25(23,24)21-19-9-7-8-16(3)14-19/h7-14,17,21H,5-6,15H2,1-4H3. The van der Waals surface area contributed by atoms with Crippen LogP contribution in [0.5, 0.6) is 0 Å². The van der Waals surface area contributed by atoms with Gasteiger partial charge in [0, 0.05) is 18.3 Å². The summed E-state index contributed by atoms with van der Waals surface area (Å²) >= 11 is 0. The fourth-order valence-electron chi connectivity index (χ4n) is 2.77. The largest absolute Gasteiger partial charge is 0.297 e. The SMILES string of the molecule is CCC(C)N(CC)Cc1ccc(S(=O)(=O)Nc2cccc(C)c2)cc1. The highest BCUT2D eigenvalue weighted by Crippen LogP contribution is 2.18. The normalized spacial score (nSPS) is 13.0. The molecule has 0 saturated carbocycles. The Labute approximate surface area is 151 Å². The molecular weight excluding hydrogens is 332 g/mol. The van der Waals surface area contributed by atoms with Gasteiger partial charge in [0.15, 0.2) is 0 Å². The molecule has 0 aliphatic rings. The molecule has 1 atom stereocenters. The van der Waals surface area contributed by atoms with Crippen LogP contribution in [-0.4, -0.2) is 25.9 Å². The predicted octanol–water partition coefficient (Wildman–Crippen LogP) is 4.42. The number of rotatable bonds is 8. The number of hydrogen-bond acceptors (Lipinski definition) is 3. The second-order valence-corrected chi connectivity index (χ2v) is 8.12. The van der Waals surface area contributed by atoms with E-state index in [-0.39, 0.29) is 4.90 Å². The van der Waals surface area contributed by atoms with Gasteiger partial charge in [-0.15, -0.1) is 0 Å². The Morgan fingerprint density at radius 3 is 2.32 bits per heavy atom. The van der Waals surface area contributed by atoms with Crippen molar-refractivity contribution in [2.24, 2.45) is 0 Å². The second-order valence-electron chi connectivity index (χ2n) is 6.44. The van der Waals surface area contributed by atoms with Gasteiger partial charge in [0.2, 0.25) is 0 Å². The van der Waals surface area contributed by atoms with E-state index in [4.69, 9.17) is 0 Å². The van der Waals surface area contributed by atoms with E-state index >= 15 is 0 Å². The minimum absolute atomic E-state index is 0.282. The summed E-state index contributed by atoms with van der Waals surface area (Å²) in [5, 5.41) is 0. The number of nitrogens with zero attached hydrogens (tertiary/aromatic N) is 1. The van der Waals surface area contributed by atoms with E-state index in [9.17, 15) is 8.42 Å². The van der Waals surface area contributed by atoms with E-state index in [2.05, 4.69) is 30.4 Å². The molecule has 4 nitrogen and oxygen atoms in total. The second kappa shape index (κ2) is 8.50. The minimum Gasteiger partial charge on any atom is -0.297 e. The smallest absolute Gasteiger partial charge is 0.261 e. The Balaban J connectivity index is 2.12. The van der Waals surface area contributed by atoms with E-state index in [0.717, 1.165) is 30.6 Å². The van der Waals surface area contributed by atoms with E-state index < -0.39 is 10.0 Å². The number of hydrogen-bond donors (Lipinski definition) is 1. The molecule has 0 saturated heterocycles. The third kappa shape index (κ3) is 5.31. The summed E-state index contributed by atoms with van der Waals surface area (Å²) in [5.74, 6) is 0. The van der Waals surface area contributed by atoms with Crippen LogP contribution < -0.4 is 4.72 Å². The molecule has 0 heterocycles. The van der Waals surface area contributed by atoms with Crippen LogP contribution >= 0.6 is 0 Å². The lowest BCUT2D eigenvalue weighted by Gasteiger charge is -2.27. The van der Waals surface area contributed by atoms with Gasteiger partial charge in [-0.25, -0.2) is 8.42 Å². The molecule has 0 fully saturated rings. The first-order chi connectivity index (χ1) is 11.9. The molecule has 25 heavy (non-hydrogen) atoms. The minimum atomic E-state index is -3.57. The Morgan fingerprint density at radius 1 is 1.08 bits per heavy atom. The molecule has 0 aromatic heterocycles. The van der Waals surface area contributed by atoms with Crippen LogP contribution in [0.15, 0.2) is 53.4 Å². The number of sulfonamides is 1. The predicted molar refractivity (Wildman–Crippen MR) is 104 cm³/mol. The monoisotopic (exact) mass is 360 g/mol. The highest BCUT2D eigenvalue weighted by Gasteiger charge is 2.15. The summed E-state index contributed by atoms with van der Waals surface area (Å²) in [7, 11) is -3.57. The van der Waals surface area contributed by atoms with Crippen LogP contribution in [0.4, 0.5) is 5.69 Å². The lowest BCUT2D eigenvalue weighted by Crippen LogP contribution is -2.31. The first-order valence-electron chi connectivity index (χ1n) is 8.78. The fraction of sp³-hybridized carbons (Fsp3) is 0.400. The van der Waals surface area contributed by atoms with E-state index in [1.807, 2.05) is 37.3 Å². The number of benzene rings is 2. The van der Waals surface area contributed by atoms with E-state index in [1.165, 1.54) is 0 Å². The maximum absolute atomic E-state index is 12.5. The van der Waals surface area contributed by atoms with Crippen LogP contribution in [0, 0.1) is 6.92 Å². The van der Waals surface area contributed by atoms with Gasteiger partial charge < -0.3 is 0 Å². The summed E-state index contributed by atoms with van der Waals surface area (Å²) in [6.45, 7) is 10.3. The summed E-state index contributed by atoms with van der Waals surface area (Å²) < 4.78 is 27.7. The first kappa shape index (κ1) is 19.5. The third-order valence-corrected chi connectivity index (χ3v) is 5.91. The van der Waals surface area contributed by atoms with Gasteiger partial charge in [0.05, 0.1) is 4.90 Å². The molecule has 2 aromatic carbocycles. The number of nitrogens with one attached hydrogen (secondary N) is 1. The molecule has 1 unspecified atom stereocenters. The Hall–Kier alpha value is -1.85. The van der Waals surface area contributed by atoms with Gasteiger partial charge in [0.25, 0.3) is 10.0 Å². The van der Waals surface area contributed by atoms with E-state index in [0.29, 0.717) is 11.7 Å². The van der Waals surface area contributed by atoms with Gasteiger partial charge >= 0.3 is 0 Å². The van der Waals surface area contributed by atoms with Crippen LogP contribution in [-0.2, 0) is 16.6 Å². The van der Waals surface area contributed by atoms with Crippen molar-refractivity contribution in [3.05, 3.63) is 59.7 Å². The maximum atomic E-state index is 12.5. The van der Waals surface area contributed by atoms with Gasteiger partial charge in [0.1, 0.15) is 0 Å². The molecule has 0 aliphatic carbocycles. The summed E-state index contributed by atoms with van der Waals surface area (Å²) in [6, 6.07) is 15.0. The number of aryl methyl sites for hydroxylation is 1. The molecule has 5 heteroatoms. The van der Waals surface area contributed by atoms with Crippen molar-refractivity contribution >= 4 is 15.7 Å². The lowest BCUT2D eigenvalue weighted by molar-refractivity contribution is 0.206. The van der Waals surface area contributed by atoms with Crippen molar-refractivity contribution in [3.63, 3.8) is 0 Å². The molecule has 0 aliphatic heterocycles. The van der Waals surface area contributed by atoms with Crippen molar-refractivity contribution < 1.29 is 8.42 Å². The van der Waals surface area contributed by atoms with Crippen molar-refractivity contribution in [3.8, 4) is 0 Å². The summed E-state index contributed by atoms with van der Waals surface area (Å²) in [6.07, 6.45) is 1.10. The summed E-state index contributed by atoms with van der Waals surface area (Å²) in [4.78, 5) is 2.67. The van der Waals surface area contributed by atoms with Crippen molar-refractivity contribution in [1.82, 2.24) is 4.90 Å². The van der Waals surface area contributed by atoms with Gasteiger partial charge in [-0.3, -0.25) is 9.62 Å². The maximum Gasteiger partial charge on any atom is 0.261 e. The van der Waals surface area contributed by atoms with Crippen molar-refractivity contribution in [2.45, 2.75) is 51.6 Å². The Morgan fingerprint density at radius 2 is 1.76 bits per heavy atom. The Bertz CT molecular complexity index is 786. The van der Waals surface area contributed by atoms with Crippen LogP contribution in [0.25, 0.3) is 0 Å². The molecule has 0 spiro atoms. The van der Waals surface area contributed by atoms with Gasteiger partial charge in [-0.2, -0.15) is 0 Å². The Kier molecular flexibility index (Phi) is 6.62. The molecule has 0 radical (unpaired) electrons. The quantitative estimate of drug-likeness (QED) is 0.758. The molecule has 2 rings (SSSR count). The molecule has 1 N–H and O–H groups in total. The zero-order valence-electron chi connectivity index (χ0n) is 15.5. The van der Waals surface area contributed by atoms with Gasteiger partial charge in [-0.1, -0.05) is 38.1 Å². The molecular formula is C20H28N2O2S. The highest BCUT2D eigenvalue weighted by atomic mass is 32.2. The van der Waals surface area contributed by atoms with Gasteiger partial charge in [-0.05, 0) is 62.2 Å². The highest BCUT2D eigenvalue weighted by molar-refractivity contribution is 7.92. The average Bonchev–Trinajstić information content (AvgIpc) is 2.59.